The van der Waals surface area contributed by atoms with Gasteiger partial charge in [0.2, 0.25) is 5.88 Å². The second-order valence-electron chi connectivity index (χ2n) is 6.24. The summed E-state index contributed by atoms with van der Waals surface area (Å²) < 4.78 is 44.7. The predicted octanol–water partition coefficient (Wildman–Crippen LogP) is 4.64. The van der Waals surface area contributed by atoms with Gasteiger partial charge in [-0.15, -0.1) is 10.2 Å². The van der Waals surface area contributed by atoms with Gasteiger partial charge in [-0.1, -0.05) is 12.1 Å². The minimum atomic E-state index is -5.08. The number of hydrogen-bond acceptors (Lipinski definition) is 5. The number of rotatable bonds is 3. The largest absolute Gasteiger partial charge is 0.493 e. The Labute approximate surface area is 172 Å². The SMILES string of the molecule is CC(C(=O)N=Nc1c(O)[nH]c2ccc(N)cc12)c1ccc(F)cc1.O=C(O)C(F)(F)F. The number of halogens is 4. The van der Waals surface area contributed by atoms with Gasteiger partial charge >= 0.3 is 12.1 Å². The molecule has 1 atom stereocenters. The zero-order chi connectivity index (χ0) is 23.3. The molecule has 0 aliphatic heterocycles. The molecule has 0 spiro atoms. The van der Waals surface area contributed by atoms with Gasteiger partial charge in [0, 0.05) is 11.1 Å². The van der Waals surface area contributed by atoms with Gasteiger partial charge < -0.3 is 20.9 Å². The van der Waals surface area contributed by atoms with E-state index in [1.165, 1.54) is 24.3 Å². The van der Waals surface area contributed by atoms with Gasteiger partial charge in [-0.05, 0) is 42.8 Å². The summed E-state index contributed by atoms with van der Waals surface area (Å²) in [5.74, 6) is -4.40. The first-order valence-corrected chi connectivity index (χ1v) is 8.51. The summed E-state index contributed by atoms with van der Waals surface area (Å²) >= 11 is 0. The summed E-state index contributed by atoms with van der Waals surface area (Å²) in [5.41, 5.74) is 7.65. The number of aromatic amines is 1. The van der Waals surface area contributed by atoms with Crippen LogP contribution in [0.2, 0.25) is 0 Å². The van der Waals surface area contributed by atoms with Crippen molar-refractivity contribution < 1.29 is 37.4 Å². The molecular formula is C19H16F4N4O4. The minimum Gasteiger partial charge on any atom is -0.493 e. The lowest BCUT2D eigenvalue weighted by Gasteiger charge is -2.06. The number of aliphatic carboxylic acids is 1. The van der Waals surface area contributed by atoms with Gasteiger partial charge in [-0.25, -0.2) is 9.18 Å². The van der Waals surface area contributed by atoms with Crippen LogP contribution in [0.1, 0.15) is 18.4 Å². The molecule has 1 aromatic heterocycles. The Bertz CT molecular complexity index is 1120. The summed E-state index contributed by atoms with van der Waals surface area (Å²) in [5, 5.41) is 25.2. The first-order chi connectivity index (χ1) is 14.4. The molecule has 12 heteroatoms. The average Bonchev–Trinajstić information content (AvgIpc) is 3.00. The highest BCUT2D eigenvalue weighted by Crippen LogP contribution is 2.36. The highest BCUT2D eigenvalue weighted by Gasteiger charge is 2.38. The summed E-state index contributed by atoms with van der Waals surface area (Å²) in [7, 11) is 0. The van der Waals surface area contributed by atoms with E-state index in [0.29, 0.717) is 22.2 Å². The molecular weight excluding hydrogens is 424 g/mol. The molecule has 0 saturated heterocycles. The second kappa shape index (κ2) is 9.24. The van der Waals surface area contributed by atoms with E-state index in [-0.39, 0.29) is 17.4 Å². The van der Waals surface area contributed by atoms with Crippen molar-refractivity contribution in [3.05, 3.63) is 53.8 Å². The quantitative estimate of drug-likeness (QED) is 0.267. The molecule has 8 nitrogen and oxygen atoms in total. The van der Waals surface area contributed by atoms with Gasteiger partial charge in [0.1, 0.15) is 5.82 Å². The third kappa shape index (κ3) is 6.01. The van der Waals surface area contributed by atoms with E-state index in [0.717, 1.165) is 0 Å². The number of azo groups is 1. The Hall–Kier alpha value is -3.96. The fourth-order valence-electron chi connectivity index (χ4n) is 2.36. The highest BCUT2D eigenvalue weighted by molar-refractivity contribution is 5.96. The van der Waals surface area contributed by atoms with E-state index in [2.05, 4.69) is 15.2 Å². The van der Waals surface area contributed by atoms with Crippen molar-refractivity contribution in [2.45, 2.75) is 19.0 Å². The zero-order valence-electron chi connectivity index (χ0n) is 15.8. The lowest BCUT2D eigenvalue weighted by Crippen LogP contribution is -2.21. The minimum absolute atomic E-state index is 0.150. The monoisotopic (exact) mass is 440 g/mol. The summed E-state index contributed by atoms with van der Waals surface area (Å²) in [6.45, 7) is 1.65. The molecule has 0 saturated carbocycles. The first-order valence-electron chi connectivity index (χ1n) is 8.51. The van der Waals surface area contributed by atoms with Crippen LogP contribution in [0.15, 0.2) is 52.7 Å². The van der Waals surface area contributed by atoms with Crippen LogP contribution in [0.5, 0.6) is 5.88 Å². The van der Waals surface area contributed by atoms with E-state index < -0.39 is 24.0 Å². The number of aromatic nitrogens is 1. The lowest BCUT2D eigenvalue weighted by atomic mass is 10.0. The van der Waals surface area contributed by atoms with Gasteiger partial charge in [0.25, 0.3) is 5.91 Å². The third-order valence-corrected chi connectivity index (χ3v) is 4.01. The molecule has 3 rings (SSSR count). The average molecular weight is 440 g/mol. The Kier molecular flexibility index (Phi) is 6.95. The Balaban J connectivity index is 0.000000423. The molecule has 164 valence electrons. The fourth-order valence-corrected chi connectivity index (χ4v) is 2.36. The number of alkyl halides is 3. The van der Waals surface area contributed by atoms with E-state index in [9.17, 15) is 27.5 Å². The molecule has 1 unspecified atom stereocenters. The van der Waals surface area contributed by atoms with E-state index in [1.54, 1.807) is 25.1 Å². The lowest BCUT2D eigenvalue weighted by molar-refractivity contribution is -0.192. The zero-order valence-corrected chi connectivity index (χ0v) is 15.8. The van der Waals surface area contributed by atoms with Gasteiger partial charge in [-0.2, -0.15) is 13.2 Å². The van der Waals surface area contributed by atoms with Crippen molar-refractivity contribution in [2.24, 2.45) is 10.2 Å². The van der Waals surface area contributed by atoms with E-state index >= 15 is 0 Å². The predicted molar refractivity (Wildman–Crippen MR) is 102 cm³/mol. The number of anilines is 1. The number of fused-ring (bicyclic) bond motifs is 1. The first kappa shape index (κ1) is 23.3. The number of nitrogen functional groups attached to an aromatic ring is 1. The number of carbonyl (C=O) groups is 2. The van der Waals surface area contributed by atoms with Crippen LogP contribution >= 0.6 is 0 Å². The van der Waals surface area contributed by atoms with Crippen molar-refractivity contribution in [1.29, 1.82) is 0 Å². The summed E-state index contributed by atoms with van der Waals surface area (Å²) in [6.07, 6.45) is -5.08. The van der Waals surface area contributed by atoms with Crippen LogP contribution in [0.4, 0.5) is 28.9 Å². The number of amides is 1. The number of H-pyrrole nitrogens is 1. The van der Waals surface area contributed by atoms with Crippen molar-refractivity contribution in [2.75, 3.05) is 5.73 Å². The third-order valence-electron chi connectivity index (χ3n) is 4.01. The second-order valence-corrected chi connectivity index (χ2v) is 6.24. The number of nitrogens with zero attached hydrogens (tertiary/aromatic N) is 2. The molecule has 5 N–H and O–H groups in total. The van der Waals surface area contributed by atoms with Crippen molar-refractivity contribution in [3.63, 3.8) is 0 Å². The van der Waals surface area contributed by atoms with Gasteiger partial charge in [0.05, 0.1) is 11.4 Å². The van der Waals surface area contributed by atoms with Gasteiger partial charge in [-0.3, -0.25) is 4.79 Å². The van der Waals surface area contributed by atoms with Crippen LogP contribution in [0.25, 0.3) is 10.9 Å². The Morgan fingerprint density at radius 3 is 2.26 bits per heavy atom. The maximum atomic E-state index is 12.9. The normalized spacial score (nSPS) is 12.4. The number of benzene rings is 2. The molecule has 0 bridgehead atoms. The van der Waals surface area contributed by atoms with Crippen LogP contribution < -0.4 is 5.73 Å². The molecule has 1 heterocycles. The van der Waals surface area contributed by atoms with Crippen LogP contribution in [0.3, 0.4) is 0 Å². The Morgan fingerprint density at radius 2 is 1.71 bits per heavy atom. The number of hydrogen-bond donors (Lipinski definition) is 4. The maximum Gasteiger partial charge on any atom is 0.490 e. The fraction of sp³-hybridized carbons (Fsp3) is 0.158. The van der Waals surface area contributed by atoms with Crippen LogP contribution in [0, 0.1) is 5.82 Å². The number of aromatic hydroxyl groups is 1. The van der Waals surface area contributed by atoms with Crippen molar-refractivity contribution >= 4 is 34.2 Å². The molecule has 31 heavy (non-hydrogen) atoms. The highest BCUT2D eigenvalue weighted by atomic mass is 19.4. The number of carboxylic acid groups (broad SMARTS) is 1. The van der Waals surface area contributed by atoms with E-state index in [4.69, 9.17) is 15.6 Å². The topological polar surface area (TPSA) is 141 Å². The molecule has 2 aromatic carbocycles. The van der Waals surface area contributed by atoms with Crippen LogP contribution in [-0.2, 0) is 9.59 Å². The summed E-state index contributed by atoms with van der Waals surface area (Å²) in [4.78, 5) is 23.8. The standard InChI is InChI=1S/C17H15FN4O2.C2HF3O2/c1-9(10-2-4-11(18)5-3-10)16(23)22-21-15-13-8-12(19)6-7-14(13)20-17(15)24;3-2(4,5)1(6)7/h2-9,20,24H,19H2,1H3;(H,6,7). The molecule has 3 aromatic rings. The molecule has 0 aliphatic carbocycles. The summed E-state index contributed by atoms with van der Waals surface area (Å²) in [6, 6.07) is 10.6. The molecule has 0 radical (unpaired) electrons. The number of nitrogens with two attached hydrogens (primary N) is 1. The Morgan fingerprint density at radius 1 is 1.13 bits per heavy atom. The number of nitrogens with one attached hydrogen (secondary N) is 1. The van der Waals surface area contributed by atoms with Gasteiger partial charge in [0.15, 0.2) is 5.69 Å². The maximum absolute atomic E-state index is 12.9. The molecule has 0 aliphatic rings. The van der Waals surface area contributed by atoms with E-state index in [1.807, 2.05) is 0 Å². The van der Waals surface area contributed by atoms with Crippen molar-refractivity contribution in [3.8, 4) is 5.88 Å². The van der Waals surface area contributed by atoms with Crippen molar-refractivity contribution in [1.82, 2.24) is 4.98 Å². The number of carbonyl (C=O) groups excluding carboxylic acids is 1. The number of carboxylic acids is 1. The van der Waals surface area contributed by atoms with Crippen LogP contribution in [-0.4, -0.2) is 33.2 Å². The smallest absolute Gasteiger partial charge is 0.490 e. The molecule has 0 fully saturated rings. The molecule has 1 amide bonds.